The Morgan fingerprint density at radius 3 is 3.00 bits per heavy atom. The molecule has 5 rings (SSSR count). The average Bonchev–Trinajstić information content (AvgIpc) is 3.18. The molecule has 0 radical (unpaired) electrons. The summed E-state index contributed by atoms with van der Waals surface area (Å²) in [6.45, 7) is 8.50. The lowest BCUT2D eigenvalue weighted by Gasteiger charge is -2.38. The third-order valence-corrected chi connectivity index (χ3v) is 6.24. The average molecular weight is 244 g/mol. The van der Waals surface area contributed by atoms with Crippen molar-refractivity contribution in [2.24, 2.45) is 23.2 Å². The van der Waals surface area contributed by atoms with Crippen LogP contribution in [0.3, 0.4) is 0 Å². The van der Waals surface area contributed by atoms with E-state index in [2.05, 4.69) is 13.5 Å². The Bertz CT molecular complexity index is 574. The molecule has 6 atom stereocenters. The summed E-state index contributed by atoms with van der Waals surface area (Å²) in [4.78, 5) is 11.8. The van der Waals surface area contributed by atoms with Gasteiger partial charge in [0.15, 0.2) is 0 Å². The minimum absolute atomic E-state index is 0.0781. The summed E-state index contributed by atoms with van der Waals surface area (Å²) in [6, 6.07) is 0. The lowest BCUT2D eigenvalue weighted by Crippen LogP contribution is -2.42. The number of fused-ring (bicyclic) bond motifs is 4. The van der Waals surface area contributed by atoms with Gasteiger partial charge < -0.3 is 9.47 Å². The summed E-state index contributed by atoms with van der Waals surface area (Å²) < 4.78 is 11.5. The Balaban J connectivity index is 1.69. The van der Waals surface area contributed by atoms with Crippen LogP contribution in [0.4, 0.5) is 0 Å². The van der Waals surface area contributed by atoms with Crippen molar-refractivity contribution in [3.8, 4) is 0 Å². The minimum atomic E-state index is -0.663. The van der Waals surface area contributed by atoms with Crippen molar-refractivity contribution in [2.45, 2.75) is 38.6 Å². The van der Waals surface area contributed by atoms with Gasteiger partial charge in [-0.05, 0) is 37.5 Å². The highest BCUT2D eigenvalue weighted by Crippen LogP contribution is 2.78. The highest BCUT2D eigenvalue weighted by molar-refractivity contribution is 5.93. The zero-order valence-electron chi connectivity index (χ0n) is 10.7. The first-order chi connectivity index (χ1) is 8.50. The summed E-state index contributed by atoms with van der Waals surface area (Å²) in [5.41, 5.74) is 3.41. The smallest absolute Gasteiger partial charge is 0.336 e. The quantitative estimate of drug-likeness (QED) is 0.372. The number of carbonyl (C=O) groups is 1. The molecule has 1 saturated heterocycles. The van der Waals surface area contributed by atoms with Crippen LogP contribution in [0.15, 0.2) is 23.3 Å². The van der Waals surface area contributed by atoms with Crippen LogP contribution in [0.1, 0.15) is 26.7 Å². The van der Waals surface area contributed by atoms with E-state index in [-0.39, 0.29) is 17.5 Å². The van der Waals surface area contributed by atoms with Gasteiger partial charge in [0, 0.05) is 16.6 Å². The summed E-state index contributed by atoms with van der Waals surface area (Å²) in [6.07, 6.45) is 2.25. The lowest BCUT2D eigenvalue weighted by atomic mass is 9.63. The van der Waals surface area contributed by atoms with Crippen molar-refractivity contribution < 1.29 is 14.3 Å². The van der Waals surface area contributed by atoms with E-state index in [1.54, 1.807) is 0 Å². The van der Waals surface area contributed by atoms with Gasteiger partial charge in [-0.1, -0.05) is 19.1 Å². The molecule has 0 N–H and O–H groups in total. The first-order valence-electron chi connectivity index (χ1n) is 6.80. The molecule has 3 aliphatic carbocycles. The highest BCUT2D eigenvalue weighted by atomic mass is 16.8. The molecule has 0 unspecified atom stereocenters. The number of rotatable bonds is 0. The molecule has 0 amide bonds. The Labute approximate surface area is 106 Å². The van der Waals surface area contributed by atoms with Gasteiger partial charge in [-0.25, -0.2) is 4.79 Å². The number of ether oxygens (including phenoxy) is 2. The molecule has 94 valence electrons. The van der Waals surface area contributed by atoms with E-state index >= 15 is 0 Å². The Morgan fingerprint density at radius 1 is 1.44 bits per heavy atom. The number of hydrogen-bond acceptors (Lipinski definition) is 3. The number of esters is 1. The van der Waals surface area contributed by atoms with Crippen LogP contribution in [0.5, 0.6) is 0 Å². The van der Waals surface area contributed by atoms with Crippen LogP contribution < -0.4 is 0 Å². The lowest BCUT2D eigenvalue weighted by molar-refractivity contribution is -0.146. The molecule has 3 heteroatoms. The van der Waals surface area contributed by atoms with Crippen LogP contribution in [-0.2, 0) is 14.3 Å². The van der Waals surface area contributed by atoms with Gasteiger partial charge in [0.1, 0.15) is 6.10 Å². The van der Waals surface area contributed by atoms with Crippen molar-refractivity contribution in [3.63, 3.8) is 0 Å². The monoisotopic (exact) mass is 244 g/mol. The molecule has 0 aromatic carbocycles. The standard InChI is InChI=1S/C15H16O3/c1-6-8-4-11(8)14(3)9(6)5-10-7(2)12(16)17-15(10)13(14)18-15/h8-9,11,13H,1,4-5H2,2-3H3/t8-,9-,11-,13+,14-,15-/m1/s1. The maximum Gasteiger partial charge on any atom is 0.336 e. The first-order valence-corrected chi connectivity index (χ1v) is 6.80. The Kier molecular flexibility index (Phi) is 1.27. The van der Waals surface area contributed by atoms with Gasteiger partial charge >= 0.3 is 5.97 Å². The van der Waals surface area contributed by atoms with Gasteiger partial charge in [-0.15, -0.1) is 0 Å². The van der Waals surface area contributed by atoms with E-state index in [4.69, 9.17) is 9.47 Å². The molecule has 0 aromatic rings. The van der Waals surface area contributed by atoms with Gasteiger partial charge in [0.05, 0.1) is 0 Å². The van der Waals surface area contributed by atoms with E-state index in [0.717, 1.165) is 17.6 Å². The van der Waals surface area contributed by atoms with Gasteiger partial charge in [0.25, 0.3) is 5.79 Å². The third kappa shape index (κ3) is 0.729. The minimum Gasteiger partial charge on any atom is -0.423 e. The fourth-order valence-corrected chi connectivity index (χ4v) is 5.08. The Morgan fingerprint density at radius 2 is 2.22 bits per heavy atom. The van der Waals surface area contributed by atoms with E-state index in [0.29, 0.717) is 17.8 Å². The van der Waals surface area contributed by atoms with Gasteiger partial charge in [-0.3, -0.25) is 0 Å². The number of allylic oxidation sites excluding steroid dienone is 1. The SMILES string of the molecule is C=C1[C@H]2C[C@H]2[C@@]2(C)[C@@H]1CC1=C(C)C(=O)O[C@@]13O[C@H]32. The zero-order valence-corrected chi connectivity index (χ0v) is 10.7. The van der Waals surface area contributed by atoms with E-state index in [1.165, 1.54) is 12.0 Å². The molecule has 0 bridgehead atoms. The van der Waals surface area contributed by atoms with E-state index in [9.17, 15) is 4.79 Å². The van der Waals surface area contributed by atoms with Crippen molar-refractivity contribution in [1.29, 1.82) is 0 Å². The maximum absolute atomic E-state index is 11.8. The summed E-state index contributed by atoms with van der Waals surface area (Å²) in [5, 5.41) is 0. The molecular weight excluding hydrogens is 228 g/mol. The normalized spacial score (nSPS) is 58.8. The van der Waals surface area contributed by atoms with Gasteiger partial charge in [-0.2, -0.15) is 0 Å². The highest BCUT2D eigenvalue weighted by Gasteiger charge is 2.82. The molecule has 2 aliphatic heterocycles. The Hall–Kier alpha value is -1.09. The molecule has 3 nitrogen and oxygen atoms in total. The molecule has 2 heterocycles. The molecule has 4 fully saturated rings. The van der Waals surface area contributed by atoms with Crippen LogP contribution in [-0.4, -0.2) is 17.9 Å². The molecule has 5 aliphatic rings. The van der Waals surface area contributed by atoms with E-state index < -0.39 is 5.79 Å². The van der Waals surface area contributed by atoms with Crippen molar-refractivity contribution in [1.82, 2.24) is 0 Å². The second-order valence-corrected chi connectivity index (χ2v) is 6.80. The molecule has 3 saturated carbocycles. The van der Waals surface area contributed by atoms with Crippen LogP contribution in [0.25, 0.3) is 0 Å². The molecular formula is C15H16O3. The molecule has 18 heavy (non-hydrogen) atoms. The zero-order chi connectivity index (χ0) is 12.4. The summed E-state index contributed by atoms with van der Waals surface area (Å²) >= 11 is 0. The van der Waals surface area contributed by atoms with E-state index in [1.807, 2.05) is 6.92 Å². The molecule has 0 aromatic heterocycles. The topological polar surface area (TPSA) is 38.8 Å². The third-order valence-electron chi connectivity index (χ3n) is 6.24. The van der Waals surface area contributed by atoms with Crippen molar-refractivity contribution in [2.75, 3.05) is 0 Å². The van der Waals surface area contributed by atoms with Crippen molar-refractivity contribution >= 4 is 5.97 Å². The van der Waals surface area contributed by atoms with Crippen molar-refractivity contribution in [3.05, 3.63) is 23.3 Å². The largest absolute Gasteiger partial charge is 0.423 e. The fraction of sp³-hybridized carbons (Fsp3) is 0.667. The number of hydrogen-bond donors (Lipinski definition) is 0. The maximum atomic E-state index is 11.8. The van der Waals surface area contributed by atoms with Crippen LogP contribution >= 0.6 is 0 Å². The number of carbonyl (C=O) groups excluding carboxylic acids is 1. The fourth-order valence-electron chi connectivity index (χ4n) is 5.08. The van der Waals surface area contributed by atoms with Crippen LogP contribution in [0.2, 0.25) is 0 Å². The predicted octanol–water partition coefficient (Wildman–Crippen LogP) is 2.19. The first kappa shape index (κ1) is 9.79. The predicted molar refractivity (Wildman–Crippen MR) is 63.3 cm³/mol. The van der Waals surface area contributed by atoms with Gasteiger partial charge in [0.2, 0.25) is 0 Å². The van der Waals surface area contributed by atoms with Crippen LogP contribution in [0, 0.1) is 23.2 Å². The second-order valence-electron chi connectivity index (χ2n) is 6.80. The molecule has 1 spiro atoms. The summed E-state index contributed by atoms with van der Waals surface area (Å²) in [5.74, 6) is 1.05. The second kappa shape index (κ2) is 2.34. The summed E-state index contributed by atoms with van der Waals surface area (Å²) in [7, 11) is 0. The number of epoxide rings is 1.